The predicted octanol–water partition coefficient (Wildman–Crippen LogP) is 2.99. The highest BCUT2D eigenvalue weighted by Gasteiger charge is 2.43. The van der Waals surface area contributed by atoms with Gasteiger partial charge in [0.05, 0.1) is 6.04 Å². The third-order valence-corrected chi connectivity index (χ3v) is 6.29. The van der Waals surface area contributed by atoms with Crippen molar-refractivity contribution in [1.82, 2.24) is 15.5 Å². The van der Waals surface area contributed by atoms with Gasteiger partial charge in [0.1, 0.15) is 0 Å². The topological polar surface area (TPSA) is 85.5 Å². The molecule has 0 saturated carbocycles. The van der Waals surface area contributed by atoms with Gasteiger partial charge in [0.15, 0.2) is 5.11 Å². The van der Waals surface area contributed by atoms with E-state index in [9.17, 15) is 9.59 Å². The quantitative estimate of drug-likeness (QED) is 0.485. The van der Waals surface area contributed by atoms with Gasteiger partial charge in [-0.25, -0.2) is 0 Å². The highest BCUT2D eigenvalue weighted by atomic mass is 35.5. The van der Waals surface area contributed by atoms with Crippen LogP contribution in [0.15, 0.2) is 54.6 Å². The van der Waals surface area contributed by atoms with Crippen LogP contribution in [0.4, 0.5) is 11.4 Å². The molecule has 3 atom stereocenters. The molecular weight excluding hydrogens is 446 g/mol. The second kappa shape index (κ2) is 10.3. The first-order valence-corrected chi connectivity index (χ1v) is 11.5. The van der Waals surface area contributed by atoms with Gasteiger partial charge < -0.3 is 21.3 Å². The largest absolute Gasteiger partial charge is 0.358 e. The second-order valence-electron chi connectivity index (χ2n) is 8.10. The van der Waals surface area contributed by atoms with E-state index in [0.29, 0.717) is 42.5 Å². The Morgan fingerprint density at radius 2 is 1.81 bits per heavy atom. The van der Waals surface area contributed by atoms with Crippen LogP contribution in [0.1, 0.15) is 19.3 Å². The molecule has 2 heterocycles. The SMILES string of the molecule is O=C(CC[C@@H]1CNC(=O)[C@@H]2C[C@H](NC(=S)Nc3ccc(Cl)cc3)CN12)Nc1ccccc1. The molecule has 32 heavy (non-hydrogen) atoms. The van der Waals surface area contributed by atoms with Crippen molar-refractivity contribution in [2.45, 2.75) is 37.4 Å². The summed E-state index contributed by atoms with van der Waals surface area (Å²) in [5.74, 6) is 0.0164. The van der Waals surface area contributed by atoms with Crippen molar-refractivity contribution in [3.63, 3.8) is 0 Å². The summed E-state index contributed by atoms with van der Waals surface area (Å²) in [6, 6.07) is 16.7. The van der Waals surface area contributed by atoms with E-state index < -0.39 is 0 Å². The number of fused-ring (bicyclic) bond motifs is 1. The standard InChI is InChI=1S/C23H26ClN5O2S/c24-15-6-8-17(9-7-15)27-23(32)28-18-12-20-22(31)25-13-19(29(20)14-18)10-11-21(30)26-16-4-2-1-3-5-16/h1-9,18-20H,10-14H2,(H,25,31)(H,26,30)(H2,27,28,32)/t18-,19+,20-/m0/s1. The van der Waals surface area contributed by atoms with Gasteiger partial charge in [-0.15, -0.1) is 0 Å². The number of piperazine rings is 1. The Morgan fingerprint density at radius 1 is 1.09 bits per heavy atom. The number of nitrogens with one attached hydrogen (secondary N) is 4. The van der Waals surface area contributed by atoms with E-state index in [1.54, 1.807) is 12.1 Å². The smallest absolute Gasteiger partial charge is 0.237 e. The van der Waals surface area contributed by atoms with Gasteiger partial charge in [0.2, 0.25) is 11.8 Å². The molecule has 0 unspecified atom stereocenters. The molecule has 0 spiro atoms. The molecular formula is C23H26ClN5O2S. The highest BCUT2D eigenvalue weighted by Crippen LogP contribution is 2.26. The Hall–Kier alpha value is -2.68. The van der Waals surface area contributed by atoms with Gasteiger partial charge in [-0.3, -0.25) is 14.5 Å². The van der Waals surface area contributed by atoms with E-state index in [1.165, 1.54) is 0 Å². The summed E-state index contributed by atoms with van der Waals surface area (Å²) in [6.07, 6.45) is 1.74. The third kappa shape index (κ3) is 5.76. The Kier molecular flexibility index (Phi) is 7.24. The average molecular weight is 472 g/mol. The van der Waals surface area contributed by atoms with E-state index in [4.69, 9.17) is 23.8 Å². The van der Waals surface area contributed by atoms with Crippen LogP contribution in [0.2, 0.25) is 5.02 Å². The molecule has 2 saturated heterocycles. The third-order valence-electron chi connectivity index (χ3n) is 5.82. The van der Waals surface area contributed by atoms with Crippen LogP contribution < -0.4 is 21.3 Å². The van der Waals surface area contributed by atoms with Gasteiger partial charge in [0, 0.05) is 48.0 Å². The molecule has 2 aliphatic rings. The molecule has 0 radical (unpaired) electrons. The van der Waals surface area contributed by atoms with Crippen LogP contribution in [0, 0.1) is 0 Å². The van der Waals surface area contributed by atoms with Crippen molar-refractivity contribution in [3.05, 3.63) is 59.6 Å². The van der Waals surface area contributed by atoms with Crippen molar-refractivity contribution in [3.8, 4) is 0 Å². The Balaban J connectivity index is 1.29. The van der Waals surface area contributed by atoms with Crippen molar-refractivity contribution < 1.29 is 9.59 Å². The number of amides is 2. The number of nitrogens with zero attached hydrogens (tertiary/aromatic N) is 1. The lowest BCUT2D eigenvalue weighted by molar-refractivity contribution is -0.129. The van der Waals surface area contributed by atoms with Crippen LogP contribution in [-0.4, -0.2) is 53.0 Å². The summed E-state index contributed by atoms with van der Waals surface area (Å²) < 4.78 is 0. The lowest BCUT2D eigenvalue weighted by Gasteiger charge is -2.37. The zero-order valence-corrected chi connectivity index (χ0v) is 19.1. The van der Waals surface area contributed by atoms with Crippen molar-refractivity contribution in [1.29, 1.82) is 0 Å². The van der Waals surface area contributed by atoms with E-state index in [1.807, 2.05) is 42.5 Å². The fraction of sp³-hybridized carbons (Fsp3) is 0.348. The predicted molar refractivity (Wildman–Crippen MR) is 131 cm³/mol. The van der Waals surface area contributed by atoms with Gasteiger partial charge in [-0.05, 0) is 61.5 Å². The molecule has 0 aromatic heterocycles. The van der Waals surface area contributed by atoms with Crippen LogP contribution in [-0.2, 0) is 9.59 Å². The maximum absolute atomic E-state index is 12.4. The monoisotopic (exact) mass is 471 g/mol. The number of hydrogen-bond donors (Lipinski definition) is 4. The molecule has 0 bridgehead atoms. The van der Waals surface area contributed by atoms with E-state index in [-0.39, 0.29) is 29.9 Å². The summed E-state index contributed by atoms with van der Waals surface area (Å²) in [5.41, 5.74) is 1.64. The minimum absolute atomic E-state index is 0.0214. The molecule has 168 valence electrons. The van der Waals surface area contributed by atoms with Crippen molar-refractivity contribution in [2.75, 3.05) is 23.7 Å². The Morgan fingerprint density at radius 3 is 2.56 bits per heavy atom. The summed E-state index contributed by atoms with van der Waals surface area (Å²) in [7, 11) is 0. The first kappa shape index (κ1) is 22.5. The summed E-state index contributed by atoms with van der Waals surface area (Å²) in [4.78, 5) is 27.0. The van der Waals surface area contributed by atoms with Crippen LogP contribution in [0.5, 0.6) is 0 Å². The van der Waals surface area contributed by atoms with Crippen LogP contribution in [0.25, 0.3) is 0 Å². The zero-order chi connectivity index (χ0) is 22.5. The molecule has 0 aliphatic carbocycles. The van der Waals surface area contributed by atoms with E-state index in [2.05, 4.69) is 26.2 Å². The maximum atomic E-state index is 12.4. The molecule has 2 fully saturated rings. The van der Waals surface area contributed by atoms with Crippen molar-refractivity contribution >= 4 is 52.1 Å². The number of halogens is 1. The molecule has 7 nitrogen and oxygen atoms in total. The molecule has 9 heteroatoms. The van der Waals surface area contributed by atoms with E-state index in [0.717, 1.165) is 11.4 Å². The number of benzene rings is 2. The van der Waals surface area contributed by atoms with Gasteiger partial charge in [-0.2, -0.15) is 0 Å². The minimum Gasteiger partial charge on any atom is -0.358 e. The lowest BCUT2D eigenvalue weighted by Crippen LogP contribution is -2.58. The zero-order valence-electron chi connectivity index (χ0n) is 17.5. The lowest BCUT2D eigenvalue weighted by atomic mass is 10.0. The summed E-state index contributed by atoms with van der Waals surface area (Å²) in [5, 5.41) is 13.6. The van der Waals surface area contributed by atoms with E-state index >= 15 is 0 Å². The van der Waals surface area contributed by atoms with Crippen LogP contribution in [0.3, 0.4) is 0 Å². The first-order valence-electron chi connectivity index (χ1n) is 10.7. The number of rotatable bonds is 6. The molecule has 2 aromatic carbocycles. The number of carbonyl (C=O) groups is 2. The number of anilines is 2. The molecule has 2 amide bonds. The van der Waals surface area contributed by atoms with Gasteiger partial charge >= 0.3 is 0 Å². The second-order valence-corrected chi connectivity index (χ2v) is 8.95. The highest BCUT2D eigenvalue weighted by molar-refractivity contribution is 7.80. The molecule has 4 rings (SSSR count). The van der Waals surface area contributed by atoms with Crippen LogP contribution >= 0.6 is 23.8 Å². The number of carbonyl (C=O) groups excluding carboxylic acids is 2. The number of para-hydroxylation sites is 1. The minimum atomic E-state index is -0.207. The number of hydrogen-bond acceptors (Lipinski definition) is 4. The first-order chi connectivity index (χ1) is 15.5. The summed E-state index contributed by atoms with van der Waals surface area (Å²) in [6.45, 7) is 1.25. The van der Waals surface area contributed by atoms with Gasteiger partial charge in [0.25, 0.3) is 0 Å². The molecule has 4 N–H and O–H groups in total. The van der Waals surface area contributed by atoms with Crippen molar-refractivity contribution in [2.24, 2.45) is 0 Å². The summed E-state index contributed by atoms with van der Waals surface area (Å²) >= 11 is 11.4. The Labute approximate surface area is 197 Å². The van der Waals surface area contributed by atoms with Gasteiger partial charge in [-0.1, -0.05) is 29.8 Å². The fourth-order valence-corrected chi connectivity index (χ4v) is 4.69. The molecule has 2 aromatic rings. The fourth-order valence-electron chi connectivity index (χ4n) is 4.28. The average Bonchev–Trinajstić information content (AvgIpc) is 3.20. The molecule has 2 aliphatic heterocycles. The normalized spacial score (nSPS) is 22.5. The Bertz CT molecular complexity index is 972. The maximum Gasteiger partial charge on any atom is 0.237 e. The number of thiocarbonyl (C=S) groups is 1.